The standard InChI is InChI=1S/C28H21F5N4O4S/c1-40-8-7-37-23-10-15(26(38)39)5-6-22(23)35-24(37)11-16-9-20(30)18(12-19(16)29)21-3-2-4-25(36-21)41-14-17-13-34-27(42-17)28(31,32)33/h2-6,9-10,12-13H,7-8,11,14H2,1H3,(H,38,39). The van der Waals surface area contributed by atoms with Crippen molar-refractivity contribution in [3.8, 4) is 17.1 Å². The fourth-order valence-electron chi connectivity index (χ4n) is 4.26. The van der Waals surface area contributed by atoms with E-state index in [1.54, 1.807) is 10.6 Å². The Bertz CT molecular complexity index is 1770. The van der Waals surface area contributed by atoms with Gasteiger partial charge in [0.2, 0.25) is 5.88 Å². The topological polar surface area (TPSA) is 99.4 Å². The molecule has 0 atom stereocenters. The number of carboxylic acids is 1. The second-order valence-electron chi connectivity index (χ2n) is 9.06. The fourth-order valence-corrected chi connectivity index (χ4v) is 4.95. The van der Waals surface area contributed by atoms with Gasteiger partial charge in [-0.15, -0.1) is 11.3 Å². The summed E-state index contributed by atoms with van der Waals surface area (Å²) in [4.78, 5) is 23.7. The average molecular weight is 605 g/mol. The maximum absolute atomic E-state index is 15.3. The number of fused-ring (bicyclic) bond motifs is 1. The Balaban J connectivity index is 1.39. The Hall–Kier alpha value is -4.43. The van der Waals surface area contributed by atoms with E-state index < -0.39 is 28.8 Å². The number of rotatable bonds is 10. The molecule has 218 valence electrons. The molecule has 0 bridgehead atoms. The number of carboxylic acid groups (broad SMARTS) is 1. The van der Waals surface area contributed by atoms with Gasteiger partial charge in [-0.1, -0.05) is 6.07 Å². The molecule has 3 aromatic heterocycles. The van der Waals surface area contributed by atoms with E-state index in [4.69, 9.17) is 9.47 Å². The average Bonchev–Trinajstić information content (AvgIpc) is 3.57. The van der Waals surface area contributed by atoms with Crippen LogP contribution in [0.3, 0.4) is 0 Å². The molecule has 1 N–H and O–H groups in total. The molecular weight excluding hydrogens is 583 g/mol. The van der Waals surface area contributed by atoms with Gasteiger partial charge >= 0.3 is 12.1 Å². The molecule has 0 spiro atoms. The summed E-state index contributed by atoms with van der Waals surface area (Å²) >= 11 is 0.436. The fraction of sp³-hybridized carbons (Fsp3) is 0.214. The van der Waals surface area contributed by atoms with Crippen molar-refractivity contribution in [2.45, 2.75) is 25.7 Å². The minimum Gasteiger partial charge on any atom is -0.478 e. The van der Waals surface area contributed by atoms with E-state index in [0.717, 1.165) is 18.3 Å². The lowest BCUT2D eigenvalue weighted by Crippen LogP contribution is -2.10. The van der Waals surface area contributed by atoms with Crippen LogP contribution in [0.1, 0.15) is 31.6 Å². The van der Waals surface area contributed by atoms with Crippen LogP contribution in [-0.4, -0.2) is 44.3 Å². The zero-order chi connectivity index (χ0) is 30.0. The third-order valence-corrected chi connectivity index (χ3v) is 7.25. The number of thiazole rings is 1. The minimum atomic E-state index is -4.56. The quantitative estimate of drug-likeness (QED) is 0.185. The molecule has 3 heterocycles. The van der Waals surface area contributed by atoms with Crippen LogP contribution < -0.4 is 4.74 Å². The third-order valence-electron chi connectivity index (χ3n) is 6.24. The second-order valence-corrected chi connectivity index (χ2v) is 10.2. The summed E-state index contributed by atoms with van der Waals surface area (Å²) in [5, 5.41) is 8.37. The van der Waals surface area contributed by atoms with Gasteiger partial charge in [0.15, 0.2) is 5.01 Å². The predicted molar refractivity (Wildman–Crippen MR) is 142 cm³/mol. The number of ether oxygens (including phenoxy) is 2. The summed E-state index contributed by atoms with van der Waals surface area (Å²) in [6.07, 6.45) is -3.59. The molecule has 0 saturated carbocycles. The van der Waals surface area contributed by atoms with Crippen molar-refractivity contribution in [3.05, 3.63) is 93.2 Å². The summed E-state index contributed by atoms with van der Waals surface area (Å²) < 4.78 is 81.3. The van der Waals surface area contributed by atoms with E-state index in [1.807, 2.05) is 0 Å². The zero-order valence-corrected chi connectivity index (χ0v) is 22.6. The zero-order valence-electron chi connectivity index (χ0n) is 21.8. The van der Waals surface area contributed by atoms with Crippen molar-refractivity contribution in [1.29, 1.82) is 0 Å². The van der Waals surface area contributed by atoms with Crippen LogP contribution in [0.4, 0.5) is 22.0 Å². The van der Waals surface area contributed by atoms with Gasteiger partial charge in [-0.2, -0.15) is 13.2 Å². The molecule has 0 aliphatic rings. The number of methoxy groups -OCH3 is 1. The first-order chi connectivity index (χ1) is 20.0. The van der Waals surface area contributed by atoms with Crippen LogP contribution in [0, 0.1) is 11.6 Å². The van der Waals surface area contributed by atoms with Gasteiger partial charge in [0.1, 0.15) is 24.1 Å². The number of pyridine rings is 1. The first-order valence-corrected chi connectivity index (χ1v) is 13.2. The molecular formula is C28H21F5N4O4S. The highest BCUT2D eigenvalue weighted by atomic mass is 32.1. The van der Waals surface area contributed by atoms with Crippen molar-refractivity contribution in [1.82, 2.24) is 19.5 Å². The Kier molecular flexibility index (Phi) is 8.18. The summed E-state index contributed by atoms with van der Waals surface area (Å²) in [6.45, 7) is 0.351. The molecule has 0 saturated heterocycles. The second kappa shape index (κ2) is 11.8. The number of aromatic carboxylic acids is 1. The molecule has 5 aromatic rings. The first-order valence-electron chi connectivity index (χ1n) is 12.3. The summed E-state index contributed by atoms with van der Waals surface area (Å²) in [6, 6.07) is 10.9. The van der Waals surface area contributed by atoms with Crippen LogP contribution in [0.25, 0.3) is 22.3 Å². The van der Waals surface area contributed by atoms with Gasteiger partial charge in [0.25, 0.3) is 0 Å². The Morgan fingerprint density at radius 2 is 1.88 bits per heavy atom. The normalized spacial score (nSPS) is 11.8. The van der Waals surface area contributed by atoms with Crippen LogP contribution in [0.5, 0.6) is 5.88 Å². The highest BCUT2D eigenvalue weighted by Crippen LogP contribution is 2.33. The van der Waals surface area contributed by atoms with Crippen molar-refractivity contribution in [2.24, 2.45) is 0 Å². The van der Waals surface area contributed by atoms with Gasteiger partial charge < -0.3 is 19.1 Å². The maximum atomic E-state index is 15.3. The number of carbonyl (C=O) groups is 1. The maximum Gasteiger partial charge on any atom is 0.443 e. The lowest BCUT2D eigenvalue weighted by atomic mass is 10.0. The number of alkyl halides is 3. The Morgan fingerprint density at radius 3 is 2.60 bits per heavy atom. The molecule has 0 fully saturated rings. The van der Waals surface area contributed by atoms with Crippen LogP contribution in [-0.2, 0) is 30.5 Å². The lowest BCUT2D eigenvalue weighted by molar-refractivity contribution is -0.137. The molecule has 42 heavy (non-hydrogen) atoms. The smallest absolute Gasteiger partial charge is 0.443 e. The highest BCUT2D eigenvalue weighted by Gasteiger charge is 2.34. The number of benzene rings is 2. The first kappa shape index (κ1) is 29.1. The van der Waals surface area contributed by atoms with Crippen molar-refractivity contribution in [2.75, 3.05) is 13.7 Å². The third kappa shape index (κ3) is 6.24. The van der Waals surface area contributed by atoms with E-state index in [-0.39, 0.29) is 52.8 Å². The summed E-state index contributed by atoms with van der Waals surface area (Å²) in [5.74, 6) is -2.20. The summed E-state index contributed by atoms with van der Waals surface area (Å²) in [5.41, 5.74) is 1.01. The van der Waals surface area contributed by atoms with Crippen molar-refractivity contribution < 1.29 is 41.3 Å². The van der Waals surface area contributed by atoms with E-state index in [9.17, 15) is 23.1 Å². The largest absolute Gasteiger partial charge is 0.478 e. The van der Waals surface area contributed by atoms with Crippen LogP contribution >= 0.6 is 11.3 Å². The molecule has 5 rings (SSSR count). The van der Waals surface area contributed by atoms with Gasteiger partial charge in [-0.05, 0) is 42.0 Å². The number of halogens is 5. The number of aromatic nitrogens is 4. The summed E-state index contributed by atoms with van der Waals surface area (Å²) in [7, 11) is 1.51. The highest BCUT2D eigenvalue weighted by molar-refractivity contribution is 7.11. The SMILES string of the molecule is COCCn1c(Cc2cc(F)c(-c3cccc(OCc4cnc(C(F)(F)F)s4)n3)cc2F)nc2ccc(C(=O)O)cc21. The molecule has 0 unspecified atom stereocenters. The van der Waals surface area contributed by atoms with Gasteiger partial charge in [0, 0.05) is 37.9 Å². The van der Waals surface area contributed by atoms with E-state index in [1.165, 1.54) is 37.4 Å². The van der Waals surface area contributed by atoms with Gasteiger partial charge in [-0.3, -0.25) is 0 Å². The molecule has 8 nitrogen and oxygen atoms in total. The van der Waals surface area contributed by atoms with Gasteiger partial charge in [-0.25, -0.2) is 28.5 Å². The Morgan fingerprint density at radius 1 is 1.07 bits per heavy atom. The molecule has 14 heteroatoms. The van der Waals surface area contributed by atoms with Crippen LogP contribution in [0.15, 0.2) is 54.7 Å². The number of imidazole rings is 1. The molecule has 0 aliphatic heterocycles. The minimum absolute atomic E-state index is 0.00549. The lowest BCUT2D eigenvalue weighted by Gasteiger charge is -2.11. The Labute approximate surface area is 239 Å². The number of hydrogen-bond donors (Lipinski definition) is 1. The number of hydrogen-bond acceptors (Lipinski definition) is 7. The van der Waals surface area contributed by atoms with Crippen LogP contribution in [0.2, 0.25) is 0 Å². The molecule has 0 radical (unpaired) electrons. The molecule has 0 amide bonds. The number of nitrogens with zero attached hydrogens (tertiary/aromatic N) is 4. The van der Waals surface area contributed by atoms with Crippen molar-refractivity contribution >= 4 is 28.3 Å². The van der Waals surface area contributed by atoms with Crippen molar-refractivity contribution in [3.63, 3.8) is 0 Å². The predicted octanol–water partition coefficient (Wildman–Crippen LogP) is 6.37. The molecule has 0 aliphatic carbocycles. The van der Waals surface area contributed by atoms with E-state index >= 15 is 8.78 Å². The van der Waals surface area contributed by atoms with E-state index in [2.05, 4.69) is 15.0 Å². The van der Waals surface area contributed by atoms with Gasteiger partial charge in [0.05, 0.1) is 33.8 Å². The molecule has 2 aromatic carbocycles. The van der Waals surface area contributed by atoms with E-state index in [0.29, 0.717) is 34.7 Å². The monoisotopic (exact) mass is 604 g/mol.